The number of hydrogen-bond donors (Lipinski definition) is 2. The molecule has 0 bridgehead atoms. The molecule has 0 saturated heterocycles. The zero-order valence-corrected chi connectivity index (χ0v) is 32.0. The molecule has 268 valence electrons. The first kappa shape index (κ1) is 42.9. The molecule has 1 aromatic rings. The molecule has 0 aliphatic heterocycles. The number of hydrogen-bond acceptors (Lipinski definition) is 4. The monoisotopic (exact) mass is 667 g/mol. The van der Waals surface area contributed by atoms with Crippen molar-refractivity contribution >= 4 is 17.6 Å². The number of nitrogens with one attached hydrogen (secondary N) is 1. The second-order valence-corrected chi connectivity index (χ2v) is 13.4. The topological polar surface area (TPSA) is 51.1 Å². The number of aliphatic hydroxyl groups excluding tert-OH is 1. The summed E-state index contributed by atoms with van der Waals surface area (Å²) in [6.45, 7) is 10.1. The molecule has 1 aromatic carbocycles. The second kappa shape index (κ2) is 24.9. The number of aliphatic imine (C=N–C) groups is 1. The first-order valence-corrected chi connectivity index (χ1v) is 18.1. The standard InChI is InChI=1S/C32H47N3O.C10H17N.C2H2/c1-5-6-7-8-10-15-27-18-19-28(24-30(31(27)36)26-13-11-9-12-14-26)32(33-2)34-23-22-25-16-20-29(21-17-25)35(3)4;1-6-10(11(4)5)8-7-9(2)3;1-2/h16-24,26,28,36H,5-15H2,1-4H3,(H,33,34);6-8H,1H2,2-5H3;1-2H/b23-22+;10-8+;. The van der Waals surface area contributed by atoms with E-state index in [1.165, 1.54) is 69.0 Å². The van der Waals surface area contributed by atoms with E-state index in [4.69, 9.17) is 0 Å². The van der Waals surface area contributed by atoms with Crippen molar-refractivity contribution in [1.29, 1.82) is 0 Å². The van der Waals surface area contributed by atoms with Gasteiger partial charge in [-0.2, -0.15) is 0 Å². The third-order valence-electron chi connectivity index (χ3n) is 8.82. The van der Waals surface area contributed by atoms with Gasteiger partial charge in [-0.15, -0.1) is 12.8 Å². The third-order valence-corrected chi connectivity index (χ3v) is 8.82. The Morgan fingerprint density at radius 2 is 1.63 bits per heavy atom. The molecule has 49 heavy (non-hydrogen) atoms. The van der Waals surface area contributed by atoms with Gasteiger partial charge in [0.15, 0.2) is 0 Å². The van der Waals surface area contributed by atoms with Crippen LogP contribution in [0.25, 0.3) is 6.08 Å². The lowest BCUT2D eigenvalue weighted by atomic mass is 9.81. The Morgan fingerprint density at radius 3 is 2.18 bits per heavy atom. The van der Waals surface area contributed by atoms with E-state index >= 15 is 0 Å². The summed E-state index contributed by atoms with van der Waals surface area (Å²) in [4.78, 5) is 8.74. The van der Waals surface area contributed by atoms with Gasteiger partial charge in [-0.05, 0) is 92.5 Å². The highest BCUT2D eigenvalue weighted by molar-refractivity contribution is 5.89. The van der Waals surface area contributed by atoms with Gasteiger partial charge in [-0.3, -0.25) is 4.99 Å². The van der Waals surface area contributed by atoms with Crippen LogP contribution in [0.1, 0.15) is 97.0 Å². The fraction of sp³-hybridized carbons (Fsp3) is 0.477. The van der Waals surface area contributed by atoms with E-state index in [-0.39, 0.29) is 5.92 Å². The van der Waals surface area contributed by atoms with Crippen molar-refractivity contribution in [2.45, 2.75) is 91.4 Å². The molecule has 0 heterocycles. The van der Waals surface area contributed by atoms with E-state index in [0.717, 1.165) is 41.1 Å². The zero-order valence-electron chi connectivity index (χ0n) is 32.0. The van der Waals surface area contributed by atoms with E-state index < -0.39 is 0 Å². The predicted molar refractivity (Wildman–Crippen MR) is 218 cm³/mol. The van der Waals surface area contributed by atoms with Crippen molar-refractivity contribution in [2.75, 3.05) is 40.1 Å². The van der Waals surface area contributed by atoms with E-state index in [9.17, 15) is 5.11 Å². The summed E-state index contributed by atoms with van der Waals surface area (Å²) in [5.74, 6) is 1.90. The highest BCUT2D eigenvalue weighted by Crippen LogP contribution is 2.37. The van der Waals surface area contributed by atoms with E-state index in [2.05, 4.69) is 130 Å². The quantitative estimate of drug-likeness (QED) is 0.0682. The normalized spacial score (nSPS) is 16.8. The summed E-state index contributed by atoms with van der Waals surface area (Å²) in [5, 5.41) is 14.8. The first-order chi connectivity index (χ1) is 23.6. The van der Waals surface area contributed by atoms with Gasteiger partial charge in [0.05, 0.1) is 5.92 Å². The number of nitrogens with zero attached hydrogens (tertiary/aromatic N) is 3. The number of allylic oxidation sites excluding steroid dienone is 7. The fourth-order valence-corrected chi connectivity index (χ4v) is 5.91. The highest BCUT2D eigenvalue weighted by Gasteiger charge is 2.25. The smallest absolute Gasteiger partial charge is 0.121 e. The van der Waals surface area contributed by atoms with E-state index in [1.807, 2.05) is 38.3 Å². The minimum absolute atomic E-state index is 0.0208. The lowest BCUT2D eigenvalue weighted by Gasteiger charge is -2.25. The van der Waals surface area contributed by atoms with Gasteiger partial charge >= 0.3 is 0 Å². The lowest BCUT2D eigenvalue weighted by Crippen LogP contribution is -2.25. The summed E-state index contributed by atoms with van der Waals surface area (Å²) in [5.41, 5.74) is 6.99. The Kier molecular flexibility index (Phi) is 21.8. The van der Waals surface area contributed by atoms with Crippen molar-refractivity contribution in [3.8, 4) is 12.8 Å². The summed E-state index contributed by atoms with van der Waals surface area (Å²) in [7, 11) is 9.96. The number of aliphatic hydroxyl groups is 1. The van der Waals surface area contributed by atoms with Crippen molar-refractivity contribution in [3.05, 3.63) is 107 Å². The molecule has 5 heteroatoms. The Balaban J connectivity index is 0.000000786. The molecule has 2 aliphatic carbocycles. The van der Waals surface area contributed by atoms with Gasteiger partial charge in [0, 0.05) is 52.8 Å². The molecular formula is C44H66N4O. The minimum Gasteiger partial charge on any atom is -0.507 e. The molecule has 1 saturated carbocycles. The molecule has 5 nitrogen and oxygen atoms in total. The molecule has 0 spiro atoms. The van der Waals surface area contributed by atoms with Crippen molar-refractivity contribution < 1.29 is 5.11 Å². The number of likely N-dealkylation sites (N-methyl/N-ethyl adjacent to an activating group) is 1. The Labute approximate surface area is 300 Å². The molecule has 1 atom stereocenters. The van der Waals surface area contributed by atoms with Gasteiger partial charge in [-0.25, -0.2) is 0 Å². The van der Waals surface area contributed by atoms with Crippen LogP contribution in [0.5, 0.6) is 0 Å². The molecule has 1 fully saturated rings. The molecule has 0 amide bonds. The number of rotatable bonds is 14. The number of amidine groups is 1. The second-order valence-electron chi connectivity index (χ2n) is 13.4. The summed E-state index contributed by atoms with van der Waals surface area (Å²) < 4.78 is 0. The van der Waals surface area contributed by atoms with Crippen LogP contribution in [0.2, 0.25) is 0 Å². The highest BCUT2D eigenvalue weighted by atomic mass is 16.3. The van der Waals surface area contributed by atoms with E-state index in [0.29, 0.717) is 11.7 Å². The van der Waals surface area contributed by atoms with Gasteiger partial charge in [0.1, 0.15) is 11.6 Å². The van der Waals surface area contributed by atoms with Crippen LogP contribution < -0.4 is 10.2 Å². The van der Waals surface area contributed by atoms with Crippen LogP contribution in [0.15, 0.2) is 107 Å². The molecular weight excluding hydrogens is 601 g/mol. The van der Waals surface area contributed by atoms with Gasteiger partial charge < -0.3 is 20.2 Å². The molecule has 0 aromatic heterocycles. The average molecular weight is 667 g/mol. The molecule has 1 unspecified atom stereocenters. The zero-order chi connectivity index (χ0) is 36.6. The number of anilines is 1. The van der Waals surface area contributed by atoms with Gasteiger partial charge in [0.25, 0.3) is 0 Å². The molecule has 2 aliphatic rings. The maximum Gasteiger partial charge on any atom is 0.121 e. The summed E-state index contributed by atoms with van der Waals surface area (Å²) in [6.07, 6.45) is 38.0. The summed E-state index contributed by atoms with van der Waals surface area (Å²) >= 11 is 0. The van der Waals surface area contributed by atoms with Crippen molar-refractivity contribution in [2.24, 2.45) is 16.8 Å². The van der Waals surface area contributed by atoms with Crippen LogP contribution in [0, 0.1) is 24.7 Å². The average Bonchev–Trinajstić information content (AvgIpc) is 3.27. The predicted octanol–water partition coefficient (Wildman–Crippen LogP) is 11.0. The number of benzene rings is 1. The number of terminal acetylenes is 1. The maximum absolute atomic E-state index is 11.4. The van der Waals surface area contributed by atoms with E-state index in [1.54, 1.807) is 0 Å². The van der Waals surface area contributed by atoms with Crippen LogP contribution in [-0.2, 0) is 0 Å². The Bertz CT molecular complexity index is 1340. The fourth-order valence-electron chi connectivity index (χ4n) is 5.91. The lowest BCUT2D eigenvalue weighted by molar-refractivity contribution is 0.353. The molecule has 2 N–H and O–H groups in total. The number of unbranched alkanes of at least 4 members (excludes halogenated alkanes) is 4. The van der Waals surface area contributed by atoms with Gasteiger partial charge in [-0.1, -0.05) is 100 Å². The van der Waals surface area contributed by atoms with Crippen LogP contribution >= 0.6 is 0 Å². The molecule has 3 rings (SSSR count). The molecule has 0 radical (unpaired) electrons. The maximum atomic E-state index is 11.4. The van der Waals surface area contributed by atoms with Gasteiger partial charge in [0.2, 0.25) is 0 Å². The SMILES string of the molecule is C#C.C=C/C(=C\C=C(C)C)N(C)C.CCCCCCCC1=C(O)C(C2CCCCC2)=CC(C(=NC)N/C=C/c2ccc(N(C)C)cc2)C=C1. The van der Waals surface area contributed by atoms with Crippen LogP contribution in [-0.4, -0.2) is 51.1 Å². The Morgan fingerprint density at radius 1 is 0.980 bits per heavy atom. The van der Waals surface area contributed by atoms with Crippen LogP contribution in [0.3, 0.4) is 0 Å². The first-order valence-electron chi connectivity index (χ1n) is 18.1. The van der Waals surface area contributed by atoms with Crippen LogP contribution in [0.4, 0.5) is 5.69 Å². The van der Waals surface area contributed by atoms with Crippen molar-refractivity contribution in [3.63, 3.8) is 0 Å². The van der Waals surface area contributed by atoms with Crippen molar-refractivity contribution in [1.82, 2.24) is 10.2 Å². The summed E-state index contributed by atoms with van der Waals surface area (Å²) in [6, 6.07) is 8.50. The minimum atomic E-state index is 0.0208. The largest absolute Gasteiger partial charge is 0.507 e. The Hall–Kier alpha value is -4.17. The third kappa shape index (κ3) is 16.2.